The van der Waals surface area contributed by atoms with Gasteiger partial charge < -0.3 is 16.4 Å². The van der Waals surface area contributed by atoms with Crippen LogP contribution in [0.3, 0.4) is 0 Å². The van der Waals surface area contributed by atoms with Gasteiger partial charge in [-0.2, -0.15) is 0 Å². The topological polar surface area (TPSA) is 67.2 Å². The van der Waals surface area contributed by atoms with Crippen molar-refractivity contribution < 1.29 is 13.6 Å². The van der Waals surface area contributed by atoms with E-state index in [2.05, 4.69) is 10.6 Å². The maximum absolute atomic E-state index is 13.1. The van der Waals surface area contributed by atoms with Gasteiger partial charge in [0.15, 0.2) is 0 Å². The smallest absolute Gasteiger partial charge is 0.316 e. The molecule has 0 fully saturated rings. The molecule has 0 aromatic heterocycles. The van der Waals surface area contributed by atoms with Crippen LogP contribution in [0, 0.1) is 11.6 Å². The summed E-state index contributed by atoms with van der Waals surface area (Å²) in [5.74, 6) is -1.27. The summed E-state index contributed by atoms with van der Waals surface area (Å²) in [7, 11) is 0. The molecule has 0 aliphatic carbocycles. The molecule has 0 radical (unpaired) electrons. The molecule has 2 aromatic carbocycles. The number of anilines is 2. The van der Waals surface area contributed by atoms with Crippen molar-refractivity contribution in [1.82, 2.24) is 0 Å². The van der Waals surface area contributed by atoms with Gasteiger partial charge in [0, 0.05) is 23.5 Å². The van der Waals surface area contributed by atoms with Crippen LogP contribution in [0.4, 0.5) is 25.0 Å². The third-order valence-corrected chi connectivity index (χ3v) is 2.92. The molecule has 4 nitrogen and oxygen atoms in total. The maximum atomic E-state index is 13.1. The molecule has 110 valence electrons. The fourth-order valence-corrected chi connectivity index (χ4v) is 1.97. The minimum absolute atomic E-state index is 0.158. The molecule has 2 amide bonds. The molecule has 0 saturated heterocycles. The number of carbonyl (C=O) groups is 1. The molecule has 0 spiro atoms. The van der Waals surface area contributed by atoms with Crippen LogP contribution in [0.15, 0.2) is 42.5 Å². The summed E-state index contributed by atoms with van der Waals surface area (Å²) < 4.78 is 26.2. The highest BCUT2D eigenvalue weighted by Crippen LogP contribution is 2.22. The van der Waals surface area contributed by atoms with Crippen LogP contribution in [-0.4, -0.2) is 6.03 Å². The lowest BCUT2D eigenvalue weighted by Crippen LogP contribution is -2.19. The predicted octanol–water partition coefficient (Wildman–Crippen LogP) is 3.63. The Morgan fingerprint density at radius 1 is 1.05 bits per heavy atom. The Balaban J connectivity index is 2.09. The Labute approximate surface area is 121 Å². The molecule has 1 unspecified atom stereocenters. The highest BCUT2D eigenvalue weighted by Gasteiger charge is 2.07. The number of carbonyl (C=O) groups excluding carboxylic acids is 1. The van der Waals surface area contributed by atoms with Gasteiger partial charge in [-0.15, -0.1) is 0 Å². The van der Waals surface area contributed by atoms with E-state index in [1.165, 1.54) is 12.1 Å². The van der Waals surface area contributed by atoms with Gasteiger partial charge in [0.05, 0.1) is 0 Å². The van der Waals surface area contributed by atoms with E-state index < -0.39 is 17.7 Å². The molecule has 0 bridgehead atoms. The normalized spacial score (nSPS) is 11.8. The van der Waals surface area contributed by atoms with Crippen LogP contribution in [0.1, 0.15) is 18.5 Å². The van der Waals surface area contributed by atoms with Crippen LogP contribution in [0.5, 0.6) is 0 Å². The second-order valence-corrected chi connectivity index (χ2v) is 4.64. The zero-order valence-electron chi connectivity index (χ0n) is 11.4. The lowest BCUT2D eigenvalue weighted by molar-refractivity contribution is 0.259. The molecule has 6 heteroatoms. The van der Waals surface area contributed by atoms with Gasteiger partial charge in [0.2, 0.25) is 0 Å². The SMILES string of the molecule is CC(Nc1cc(F)cc(F)c1)c1ccc(NC(N)=O)cc1. The third kappa shape index (κ3) is 4.17. The van der Waals surface area contributed by atoms with E-state index in [9.17, 15) is 13.6 Å². The van der Waals surface area contributed by atoms with Gasteiger partial charge >= 0.3 is 6.03 Å². The lowest BCUT2D eigenvalue weighted by atomic mass is 10.1. The minimum Gasteiger partial charge on any atom is -0.378 e. The second-order valence-electron chi connectivity index (χ2n) is 4.64. The van der Waals surface area contributed by atoms with Gasteiger partial charge in [-0.05, 0) is 36.8 Å². The minimum atomic E-state index is -0.635. The second kappa shape index (κ2) is 6.21. The monoisotopic (exact) mass is 291 g/mol. The average Bonchev–Trinajstić information content (AvgIpc) is 2.37. The number of urea groups is 1. The summed E-state index contributed by atoms with van der Waals surface area (Å²) >= 11 is 0. The number of hydrogen-bond donors (Lipinski definition) is 3. The highest BCUT2D eigenvalue weighted by molar-refractivity contribution is 5.87. The maximum Gasteiger partial charge on any atom is 0.316 e. The van der Waals surface area contributed by atoms with E-state index in [4.69, 9.17) is 5.73 Å². The van der Waals surface area contributed by atoms with Gasteiger partial charge in [-0.3, -0.25) is 0 Å². The van der Waals surface area contributed by atoms with Crippen LogP contribution >= 0.6 is 0 Å². The number of halogens is 2. The Morgan fingerprint density at radius 3 is 2.14 bits per heavy atom. The van der Waals surface area contributed by atoms with Crippen LogP contribution in [0.25, 0.3) is 0 Å². The van der Waals surface area contributed by atoms with Crippen molar-refractivity contribution in [3.05, 3.63) is 59.7 Å². The standard InChI is InChI=1S/C15H15F2N3O/c1-9(19-14-7-11(16)6-12(17)8-14)10-2-4-13(5-3-10)20-15(18)21/h2-9,19H,1H3,(H3,18,20,21). The van der Waals surface area contributed by atoms with Gasteiger partial charge in [0.1, 0.15) is 11.6 Å². The largest absolute Gasteiger partial charge is 0.378 e. The first-order valence-electron chi connectivity index (χ1n) is 6.33. The van der Waals surface area contributed by atoms with E-state index in [0.29, 0.717) is 11.4 Å². The summed E-state index contributed by atoms with van der Waals surface area (Å²) in [6.45, 7) is 1.86. The molecule has 0 aliphatic heterocycles. The molecule has 21 heavy (non-hydrogen) atoms. The fraction of sp³-hybridized carbons (Fsp3) is 0.133. The lowest BCUT2D eigenvalue weighted by Gasteiger charge is -2.16. The van der Waals surface area contributed by atoms with Gasteiger partial charge in [0.25, 0.3) is 0 Å². The average molecular weight is 291 g/mol. The van der Waals surface area contributed by atoms with Crippen molar-refractivity contribution in [3.63, 3.8) is 0 Å². The van der Waals surface area contributed by atoms with E-state index in [-0.39, 0.29) is 6.04 Å². The number of hydrogen-bond acceptors (Lipinski definition) is 2. The first-order chi connectivity index (χ1) is 9.94. The third-order valence-electron chi connectivity index (χ3n) is 2.92. The van der Waals surface area contributed by atoms with Crippen LogP contribution < -0.4 is 16.4 Å². The molecule has 2 rings (SSSR count). The molecule has 0 saturated carbocycles. The van der Waals surface area contributed by atoms with Crippen molar-refractivity contribution in [2.45, 2.75) is 13.0 Å². The van der Waals surface area contributed by atoms with Crippen LogP contribution in [-0.2, 0) is 0 Å². The Kier molecular flexibility index (Phi) is 4.37. The predicted molar refractivity (Wildman–Crippen MR) is 78.0 cm³/mol. The molecule has 0 heterocycles. The number of rotatable bonds is 4. The molecule has 0 aliphatic rings. The van der Waals surface area contributed by atoms with E-state index in [1.54, 1.807) is 24.3 Å². The molecule has 4 N–H and O–H groups in total. The van der Waals surface area contributed by atoms with E-state index >= 15 is 0 Å². The Hall–Kier alpha value is -2.63. The zero-order valence-corrected chi connectivity index (χ0v) is 11.4. The van der Waals surface area contributed by atoms with Crippen molar-refractivity contribution in [2.75, 3.05) is 10.6 Å². The number of benzene rings is 2. The Bertz CT molecular complexity index is 624. The number of amides is 2. The molecule has 1 atom stereocenters. The first kappa shape index (κ1) is 14.8. The fourth-order valence-electron chi connectivity index (χ4n) is 1.97. The van der Waals surface area contributed by atoms with Gasteiger partial charge in [-0.1, -0.05) is 12.1 Å². The molecular weight excluding hydrogens is 276 g/mol. The molecule has 2 aromatic rings. The summed E-state index contributed by atoms with van der Waals surface area (Å²) in [5.41, 5.74) is 6.86. The molecular formula is C15H15F2N3O. The summed E-state index contributed by atoms with van der Waals surface area (Å²) in [6.07, 6.45) is 0. The summed E-state index contributed by atoms with van der Waals surface area (Å²) in [4.78, 5) is 10.7. The quantitative estimate of drug-likeness (QED) is 0.805. The Morgan fingerprint density at radius 2 is 1.62 bits per heavy atom. The first-order valence-corrected chi connectivity index (χ1v) is 6.33. The zero-order chi connectivity index (χ0) is 15.4. The van der Waals surface area contributed by atoms with E-state index in [0.717, 1.165) is 11.6 Å². The van der Waals surface area contributed by atoms with Crippen molar-refractivity contribution in [2.24, 2.45) is 5.73 Å². The van der Waals surface area contributed by atoms with Crippen LogP contribution in [0.2, 0.25) is 0 Å². The van der Waals surface area contributed by atoms with Crippen molar-refractivity contribution in [1.29, 1.82) is 0 Å². The number of primary amides is 1. The highest BCUT2D eigenvalue weighted by atomic mass is 19.1. The van der Waals surface area contributed by atoms with Crippen molar-refractivity contribution >= 4 is 17.4 Å². The summed E-state index contributed by atoms with van der Waals surface area (Å²) in [6, 6.07) is 9.45. The van der Waals surface area contributed by atoms with Gasteiger partial charge in [-0.25, -0.2) is 13.6 Å². The van der Waals surface area contributed by atoms with Crippen molar-refractivity contribution in [3.8, 4) is 0 Å². The van der Waals surface area contributed by atoms with E-state index in [1.807, 2.05) is 6.92 Å². The number of nitrogens with one attached hydrogen (secondary N) is 2. The summed E-state index contributed by atoms with van der Waals surface area (Å²) in [5, 5.41) is 5.46. The number of nitrogens with two attached hydrogens (primary N) is 1.